The van der Waals surface area contributed by atoms with Crippen molar-refractivity contribution in [2.45, 2.75) is 33.2 Å². The number of aryl methyl sites for hydroxylation is 2. The van der Waals surface area contributed by atoms with E-state index in [-0.39, 0.29) is 0 Å². The molecule has 0 unspecified atom stereocenters. The Bertz CT molecular complexity index is 597. The maximum absolute atomic E-state index is 4.64. The Morgan fingerprint density at radius 3 is 2.67 bits per heavy atom. The molecule has 2 rings (SSSR count). The first kappa shape index (κ1) is 15.2. The fourth-order valence-electron chi connectivity index (χ4n) is 2.15. The fourth-order valence-corrected chi connectivity index (χ4v) is 2.15. The van der Waals surface area contributed by atoms with Crippen LogP contribution in [-0.2, 0) is 13.0 Å². The number of hydrogen-bond acceptors (Lipinski definition) is 5. The second kappa shape index (κ2) is 7.02. The molecule has 0 atom stereocenters. The molecule has 0 aliphatic heterocycles. The van der Waals surface area contributed by atoms with E-state index in [1.54, 1.807) is 0 Å². The van der Waals surface area contributed by atoms with Gasteiger partial charge in [-0.05, 0) is 25.5 Å². The summed E-state index contributed by atoms with van der Waals surface area (Å²) in [5.41, 5.74) is 2.07. The summed E-state index contributed by atoms with van der Waals surface area (Å²) < 4.78 is 0. The summed E-state index contributed by atoms with van der Waals surface area (Å²) in [5, 5.41) is 3.10. The van der Waals surface area contributed by atoms with Crippen LogP contribution in [0.15, 0.2) is 24.3 Å². The lowest BCUT2D eigenvalue weighted by Crippen LogP contribution is -2.20. The molecule has 0 amide bonds. The molecule has 5 heteroatoms. The molecule has 0 spiro atoms. The van der Waals surface area contributed by atoms with Gasteiger partial charge in [0.2, 0.25) is 0 Å². The minimum Gasteiger partial charge on any atom is -0.373 e. The molecular weight excluding hydrogens is 262 g/mol. The van der Waals surface area contributed by atoms with Gasteiger partial charge in [-0.3, -0.25) is 4.98 Å². The number of nitrogens with one attached hydrogen (secondary N) is 1. The molecule has 0 aliphatic rings. The number of aromatic nitrogens is 3. The molecule has 112 valence electrons. The summed E-state index contributed by atoms with van der Waals surface area (Å²) in [6.45, 7) is 4.87. The van der Waals surface area contributed by atoms with Crippen LogP contribution in [0.1, 0.15) is 30.6 Å². The van der Waals surface area contributed by atoms with E-state index in [0.29, 0.717) is 0 Å². The molecule has 2 heterocycles. The van der Waals surface area contributed by atoms with Crippen LogP contribution >= 0.6 is 0 Å². The van der Waals surface area contributed by atoms with Crippen LogP contribution in [0.3, 0.4) is 0 Å². The minimum absolute atomic E-state index is 0.730. The van der Waals surface area contributed by atoms with Crippen molar-refractivity contribution in [3.63, 3.8) is 0 Å². The molecule has 5 nitrogen and oxygen atoms in total. The molecule has 0 saturated heterocycles. The molecule has 2 aromatic heterocycles. The molecule has 0 bridgehead atoms. The molecule has 0 aromatic carbocycles. The first-order chi connectivity index (χ1) is 10.1. The SMILES string of the molecule is CCCc1nc(NC)cc(N(C)Cc2cccc(C)n2)n1. The van der Waals surface area contributed by atoms with Crippen LogP contribution in [0.25, 0.3) is 0 Å². The normalized spacial score (nSPS) is 10.5. The quantitative estimate of drug-likeness (QED) is 0.884. The monoisotopic (exact) mass is 285 g/mol. The van der Waals surface area contributed by atoms with Gasteiger partial charge < -0.3 is 10.2 Å². The van der Waals surface area contributed by atoms with E-state index < -0.39 is 0 Å². The predicted molar refractivity (Wildman–Crippen MR) is 86.7 cm³/mol. The van der Waals surface area contributed by atoms with Gasteiger partial charge in [-0.25, -0.2) is 9.97 Å². The van der Waals surface area contributed by atoms with E-state index in [1.165, 1.54) is 0 Å². The maximum Gasteiger partial charge on any atom is 0.134 e. The van der Waals surface area contributed by atoms with Crippen molar-refractivity contribution in [1.29, 1.82) is 0 Å². The zero-order valence-corrected chi connectivity index (χ0v) is 13.2. The lowest BCUT2D eigenvalue weighted by Gasteiger charge is -2.19. The first-order valence-corrected chi connectivity index (χ1v) is 7.31. The topological polar surface area (TPSA) is 53.9 Å². The number of nitrogens with zero attached hydrogens (tertiary/aromatic N) is 4. The summed E-state index contributed by atoms with van der Waals surface area (Å²) in [5.74, 6) is 2.65. The van der Waals surface area contributed by atoms with Crippen molar-refractivity contribution in [3.05, 3.63) is 41.5 Å². The highest BCUT2D eigenvalue weighted by Crippen LogP contribution is 2.17. The minimum atomic E-state index is 0.730. The molecule has 0 fully saturated rings. The lowest BCUT2D eigenvalue weighted by molar-refractivity contribution is 0.805. The zero-order chi connectivity index (χ0) is 15.2. The summed E-state index contributed by atoms with van der Waals surface area (Å²) in [4.78, 5) is 15.8. The standard InChI is InChI=1S/C16H23N5/c1-5-7-14-19-15(17-3)10-16(20-14)21(4)11-13-9-6-8-12(2)18-13/h6,8-10H,5,7,11H2,1-4H3,(H,17,19,20). The van der Waals surface area contributed by atoms with E-state index in [1.807, 2.05) is 45.3 Å². The Labute approximate surface area is 126 Å². The molecular formula is C16H23N5. The highest BCUT2D eigenvalue weighted by molar-refractivity contribution is 5.48. The first-order valence-electron chi connectivity index (χ1n) is 7.31. The van der Waals surface area contributed by atoms with Gasteiger partial charge in [0.1, 0.15) is 17.5 Å². The Hall–Kier alpha value is -2.17. The lowest BCUT2D eigenvalue weighted by atomic mass is 10.3. The highest BCUT2D eigenvalue weighted by atomic mass is 15.2. The summed E-state index contributed by atoms with van der Waals surface area (Å²) >= 11 is 0. The van der Waals surface area contributed by atoms with E-state index in [4.69, 9.17) is 0 Å². The largest absolute Gasteiger partial charge is 0.373 e. The average molecular weight is 285 g/mol. The third-order valence-electron chi connectivity index (χ3n) is 3.22. The Kier molecular flexibility index (Phi) is 5.09. The Morgan fingerprint density at radius 2 is 2.00 bits per heavy atom. The molecule has 0 aliphatic carbocycles. The average Bonchev–Trinajstić information content (AvgIpc) is 2.47. The van der Waals surface area contributed by atoms with Crippen LogP contribution < -0.4 is 10.2 Å². The van der Waals surface area contributed by atoms with Gasteiger partial charge in [0, 0.05) is 32.3 Å². The molecule has 0 radical (unpaired) electrons. The number of rotatable bonds is 6. The van der Waals surface area contributed by atoms with E-state index >= 15 is 0 Å². The number of hydrogen-bond donors (Lipinski definition) is 1. The van der Waals surface area contributed by atoms with Crippen LogP contribution in [0.5, 0.6) is 0 Å². The van der Waals surface area contributed by atoms with Crippen molar-refractivity contribution >= 4 is 11.6 Å². The maximum atomic E-state index is 4.64. The van der Waals surface area contributed by atoms with Gasteiger partial charge >= 0.3 is 0 Å². The van der Waals surface area contributed by atoms with E-state index in [9.17, 15) is 0 Å². The second-order valence-corrected chi connectivity index (χ2v) is 5.15. The Balaban J connectivity index is 2.21. The van der Waals surface area contributed by atoms with E-state index in [2.05, 4.69) is 32.1 Å². The van der Waals surface area contributed by atoms with Crippen LogP contribution in [0.4, 0.5) is 11.6 Å². The number of anilines is 2. The van der Waals surface area contributed by atoms with Crippen molar-refractivity contribution < 1.29 is 0 Å². The molecule has 2 aromatic rings. The van der Waals surface area contributed by atoms with Crippen molar-refractivity contribution in [2.75, 3.05) is 24.3 Å². The Morgan fingerprint density at radius 1 is 1.19 bits per heavy atom. The van der Waals surface area contributed by atoms with Gasteiger partial charge in [-0.1, -0.05) is 13.0 Å². The molecule has 21 heavy (non-hydrogen) atoms. The zero-order valence-electron chi connectivity index (χ0n) is 13.2. The summed E-state index contributed by atoms with van der Waals surface area (Å²) in [7, 11) is 3.91. The number of pyridine rings is 1. The van der Waals surface area contributed by atoms with Crippen LogP contribution in [-0.4, -0.2) is 29.0 Å². The summed E-state index contributed by atoms with van der Waals surface area (Å²) in [6.07, 6.45) is 1.93. The van der Waals surface area contributed by atoms with Gasteiger partial charge in [-0.15, -0.1) is 0 Å². The van der Waals surface area contributed by atoms with Crippen molar-refractivity contribution in [3.8, 4) is 0 Å². The molecule has 0 saturated carbocycles. The van der Waals surface area contributed by atoms with Gasteiger partial charge in [0.25, 0.3) is 0 Å². The predicted octanol–water partition coefficient (Wildman–Crippen LogP) is 2.81. The van der Waals surface area contributed by atoms with Crippen LogP contribution in [0, 0.1) is 6.92 Å². The van der Waals surface area contributed by atoms with Gasteiger partial charge in [0.15, 0.2) is 0 Å². The second-order valence-electron chi connectivity index (χ2n) is 5.15. The smallest absolute Gasteiger partial charge is 0.134 e. The third-order valence-corrected chi connectivity index (χ3v) is 3.22. The van der Waals surface area contributed by atoms with Crippen molar-refractivity contribution in [1.82, 2.24) is 15.0 Å². The van der Waals surface area contributed by atoms with E-state index in [0.717, 1.165) is 48.2 Å². The van der Waals surface area contributed by atoms with Gasteiger partial charge in [0.05, 0.1) is 12.2 Å². The summed E-state index contributed by atoms with van der Waals surface area (Å²) in [6, 6.07) is 8.05. The van der Waals surface area contributed by atoms with Crippen LogP contribution in [0.2, 0.25) is 0 Å². The third kappa shape index (κ3) is 4.15. The van der Waals surface area contributed by atoms with Crippen molar-refractivity contribution in [2.24, 2.45) is 0 Å². The molecule has 1 N–H and O–H groups in total. The van der Waals surface area contributed by atoms with Gasteiger partial charge in [-0.2, -0.15) is 0 Å². The fraction of sp³-hybridized carbons (Fsp3) is 0.438. The highest BCUT2D eigenvalue weighted by Gasteiger charge is 2.09.